The van der Waals surface area contributed by atoms with Crippen LogP contribution < -0.4 is 5.32 Å². The highest BCUT2D eigenvalue weighted by Gasteiger charge is 2.06. The molecule has 0 aliphatic rings. The van der Waals surface area contributed by atoms with Crippen molar-refractivity contribution in [3.63, 3.8) is 0 Å². The fourth-order valence-corrected chi connectivity index (χ4v) is 0.719. The molecule has 0 aromatic rings. The number of hydrogen-bond donors (Lipinski definition) is 1. The van der Waals surface area contributed by atoms with Gasteiger partial charge in [-0.05, 0) is 12.8 Å². The van der Waals surface area contributed by atoms with Gasteiger partial charge in [-0.1, -0.05) is 13.8 Å². The molecule has 62 valence electrons. The van der Waals surface area contributed by atoms with E-state index in [0.29, 0.717) is 12.8 Å². The van der Waals surface area contributed by atoms with Crippen molar-refractivity contribution in [2.45, 2.75) is 39.2 Å². The van der Waals surface area contributed by atoms with E-state index in [1.54, 1.807) is 0 Å². The second-order valence-corrected chi connectivity index (χ2v) is 2.41. The van der Waals surface area contributed by atoms with Crippen LogP contribution in [0, 0.1) is 11.3 Å². The van der Waals surface area contributed by atoms with Gasteiger partial charge in [0.2, 0.25) is 5.91 Å². The summed E-state index contributed by atoms with van der Waals surface area (Å²) in [6.45, 7) is 3.81. The van der Waals surface area contributed by atoms with Gasteiger partial charge in [0, 0.05) is 6.42 Å². The Morgan fingerprint density at radius 3 is 2.64 bits per heavy atom. The Morgan fingerprint density at radius 1 is 1.64 bits per heavy atom. The standard InChI is InChI=1S/C8H14N2O/c1-3-5-8(11)10-7(4-2)6-9/h7H,3-5H2,1-2H3,(H,10,11). The van der Waals surface area contributed by atoms with Gasteiger partial charge >= 0.3 is 0 Å². The van der Waals surface area contributed by atoms with Gasteiger partial charge in [0.1, 0.15) is 6.04 Å². The van der Waals surface area contributed by atoms with Crippen molar-refractivity contribution >= 4 is 5.91 Å². The lowest BCUT2D eigenvalue weighted by Crippen LogP contribution is -2.32. The van der Waals surface area contributed by atoms with Crippen LogP contribution in [0.3, 0.4) is 0 Å². The summed E-state index contributed by atoms with van der Waals surface area (Å²) in [4.78, 5) is 10.9. The number of carbonyl (C=O) groups is 1. The van der Waals surface area contributed by atoms with Crippen molar-refractivity contribution < 1.29 is 4.79 Å². The average molecular weight is 154 g/mol. The maximum atomic E-state index is 10.9. The van der Waals surface area contributed by atoms with Crippen LogP contribution in [0.2, 0.25) is 0 Å². The first-order valence-corrected chi connectivity index (χ1v) is 3.93. The summed E-state index contributed by atoms with van der Waals surface area (Å²) in [6.07, 6.45) is 2.01. The topological polar surface area (TPSA) is 52.9 Å². The molecule has 11 heavy (non-hydrogen) atoms. The lowest BCUT2D eigenvalue weighted by atomic mass is 10.2. The number of carbonyl (C=O) groups excluding carboxylic acids is 1. The van der Waals surface area contributed by atoms with E-state index in [2.05, 4.69) is 5.32 Å². The summed E-state index contributed by atoms with van der Waals surface area (Å²) in [7, 11) is 0. The number of rotatable bonds is 4. The summed E-state index contributed by atoms with van der Waals surface area (Å²) < 4.78 is 0. The maximum Gasteiger partial charge on any atom is 0.221 e. The molecule has 0 saturated heterocycles. The Morgan fingerprint density at radius 2 is 2.27 bits per heavy atom. The minimum absolute atomic E-state index is 0.0269. The summed E-state index contributed by atoms with van der Waals surface area (Å²) in [5.41, 5.74) is 0. The summed E-state index contributed by atoms with van der Waals surface area (Å²) in [5.74, 6) is -0.0269. The van der Waals surface area contributed by atoms with Gasteiger partial charge in [-0.3, -0.25) is 4.79 Å². The van der Waals surface area contributed by atoms with Gasteiger partial charge in [-0.2, -0.15) is 5.26 Å². The zero-order valence-electron chi connectivity index (χ0n) is 7.05. The van der Waals surface area contributed by atoms with E-state index < -0.39 is 0 Å². The molecule has 0 fully saturated rings. The van der Waals surface area contributed by atoms with E-state index in [1.165, 1.54) is 0 Å². The largest absolute Gasteiger partial charge is 0.340 e. The molecule has 0 saturated carbocycles. The van der Waals surface area contributed by atoms with E-state index in [-0.39, 0.29) is 11.9 Å². The van der Waals surface area contributed by atoms with Crippen molar-refractivity contribution in [2.75, 3.05) is 0 Å². The second-order valence-electron chi connectivity index (χ2n) is 2.41. The zero-order valence-corrected chi connectivity index (χ0v) is 7.05. The summed E-state index contributed by atoms with van der Waals surface area (Å²) in [5, 5.41) is 11.1. The molecule has 0 bridgehead atoms. The van der Waals surface area contributed by atoms with Crippen LogP contribution in [0.25, 0.3) is 0 Å². The Hall–Kier alpha value is -1.04. The highest BCUT2D eigenvalue weighted by molar-refractivity contribution is 5.76. The van der Waals surface area contributed by atoms with Crippen molar-refractivity contribution in [3.05, 3.63) is 0 Å². The van der Waals surface area contributed by atoms with Crippen molar-refractivity contribution in [2.24, 2.45) is 0 Å². The molecule has 0 heterocycles. The summed E-state index contributed by atoms with van der Waals surface area (Å²) >= 11 is 0. The van der Waals surface area contributed by atoms with Crippen molar-refractivity contribution in [1.29, 1.82) is 5.26 Å². The number of nitrogens with one attached hydrogen (secondary N) is 1. The van der Waals surface area contributed by atoms with Crippen molar-refractivity contribution in [1.82, 2.24) is 5.32 Å². The van der Waals surface area contributed by atoms with Gasteiger partial charge in [0.25, 0.3) is 0 Å². The first-order valence-electron chi connectivity index (χ1n) is 3.93. The molecule has 0 aliphatic carbocycles. The van der Waals surface area contributed by atoms with Gasteiger partial charge in [-0.25, -0.2) is 0 Å². The smallest absolute Gasteiger partial charge is 0.221 e. The molecule has 3 nitrogen and oxygen atoms in total. The minimum Gasteiger partial charge on any atom is -0.340 e. The third kappa shape index (κ3) is 4.38. The van der Waals surface area contributed by atoms with E-state index in [4.69, 9.17) is 5.26 Å². The molecule has 0 spiro atoms. The van der Waals surface area contributed by atoms with Gasteiger partial charge < -0.3 is 5.32 Å². The van der Waals surface area contributed by atoms with Gasteiger partial charge in [0.05, 0.1) is 6.07 Å². The lowest BCUT2D eigenvalue weighted by molar-refractivity contribution is -0.121. The quantitative estimate of drug-likeness (QED) is 0.661. The highest BCUT2D eigenvalue weighted by Crippen LogP contribution is 1.91. The Kier molecular flexibility index (Phi) is 5.18. The molecule has 0 rings (SSSR count). The Labute approximate surface area is 67.4 Å². The van der Waals surface area contributed by atoms with E-state index in [9.17, 15) is 4.79 Å². The highest BCUT2D eigenvalue weighted by atomic mass is 16.1. The molecular formula is C8H14N2O. The Bertz CT molecular complexity index is 160. The average Bonchev–Trinajstić information content (AvgIpc) is 2.01. The monoisotopic (exact) mass is 154 g/mol. The van der Waals surface area contributed by atoms with Crippen LogP contribution >= 0.6 is 0 Å². The first kappa shape index (κ1) is 9.96. The minimum atomic E-state index is -0.311. The zero-order chi connectivity index (χ0) is 8.69. The molecule has 0 aliphatic heterocycles. The van der Waals surface area contributed by atoms with Crippen LogP contribution in [0.15, 0.2) is 0 Å². The lowest BCUT2D eigenvalue weighted by Gasteiger charge is -2.07. The molecule has 1 unspecified atom stereocenters. The van der Waals surface area contributed by atoms with Crippen LogP contribution in [-0.4, -0.2) is 11.9 Å². The molecule has 1 atom stereocenters. The number of nitriles is 1. The van der Waals surface area contributed by atoms with Crippen LogP contribution in [-0.2, 0) is 4.79 Å². The maximum absolute atomic E-state index is 10.9. The first-order chi connectivity index (χ1) is 5.24. The Balaban J connectivity index is 3.65. The van der Waals surface area contributed by atoms with E-state index in [0.717, 1.165) is 6.42 Å². The normalized spacial score (nSPS) is 11.7. The summed E-state index contributed by atoms with van der Waals surface area (Å²) in [6, 6.07) is 1.70. The number of amides is 1. The molecule has 3 heteroatoms. The molecule has 0 aromatic heterocycles. The fourth-order valence-electron chi connectivity index (χ4n) is 0.719. The second kappa shape index (κ2) is 5.72. The fraction of sp³-hybridized carbons (Fsp3) is 0.750. The molecule has 1 N–H and O–H groups in total. The van der Waals surface area contributed by atoms with Crippen LogP contribution in [0.1, 0.15) is 33.1 Å². The molecule has 0 aromatic carbocycles. The predicted molar refractivity (Wildman–Crippen MR) is 42.7 cm³/mol. The molecule has 1 amide bonds. The predicted octanol–water partition coefficient (Wildman–Crippen LogP) is 1.20. The third-order valence-electron chi connectivity index (χ3n) is 1.38. The van der Waals surface area contributed by atoms with Crippen molar-refractivity contribution in [3.8, 4) is 6.07 Å². The number of nitrogens with zero attached hydrogens (tertiary/aromatic N) is 1. The number of hydrogen-bond acceptors (Lipinski definition) is 2. The molecule has 0 radical (unpaired) electrons. The van der Waals surface area contributed by atoms with Gasteiger partial charge in [0.15, 0.2) is 0 Å². The van der Waals surface area contributed by atoms with Gasteiger partial charge in [-0.15, -0.1) is 0 Å². The van der Waals surface area contributed by atoms with Crippen LogP contribution in [0.5, 0.6) is 0 Å². The SMILES string of the molecule is CCCC(=O)NC(C#N)CC. The third-order valence-corrected chi connectivity index (χ3v) is 1.38. The van der Waals surface area contributed by atoms with E-state index >= 15 is 0 Å². The molecular weight excluding hydrogens is 140 g/mol. The van der Waals surface area contributed by atoms with E-state index in [1.807, 2.05) is 19.9 Å². The van der Waals surface area contributed by atoms with Crippen LogP contribution in [0.4, 0.5) is 0 Å².